The minimum absolute atomic E-state index is 1.14. The lowest BCUT2D eigenvalue weighted by molar-refractivity contribution is 1.09. The molecule has 1 aliphatic carbocycles. The number of benzene rings is 1. The molecular formula is C21H40. The van der Waals surface area contributed by atoms with E-state index in [0.29, 0.717) is 0 Å². The van der Waals surface area contributed by atoms with Crippen LogP contribution < -0.4 is 0 Å². The Kier molecular flexibility index (Phi) is 57.0. The molecule has 0 N–H and O–H groups in total. The molecule has 0 spiro atoms. The molecule has 1 aromatic rings. The van der Waals surface area contributed by atoms with Gasteiger partial charge in [-0.25, -0.2) is 0 Å². The van der Waals surface area contributed by atoms with Gasteiger partial charge in [-0.2, -0.15) is 0 Å². The van der Waals surface area contributed by atoms with E-state index in [0.717, 1.165) is 6.42 Å². The molecule has 0 fully saturated rings. The van der Waals surface area contributed by atoms with Crippen LogP contribution in [-0.2, 0) is 0 Å². The third-order valence-corrected chi connectivity index (χ3v) is 1.32. The summed E-state index contributed by atoms with van der Waals surface area (Å²) in [6, 6.07) is 12.0. The van der Waals surface area contributed by atoms with Crippen LogP contribution in [0.15, 0.2) is 60.7 Å². The normalized spacial score (nSPS) is 8.76. The van der Waals surface area contributed by atoms with Gasteiger partial charge in [-0.15, -0.1) is 0 Å². The zero-order valence-electron chi connectivity index (χ0n) is 15.9. The first kappa shape index (κ1) is 27.9. The summed E-state index contributed by atoms with van der Waals surface area (Å²) in [6.07, 6.45) is 12.0. The van der Waals surface area contributed by atoms with Gasteiger partial charge in [0.2, 0.25) is 0 Å². The zero-order chi connectivity index (χ0) is 17.2. The molecule has 124 valence electrons. The van der Waals surface area contributed by atoms with Gasteiger partial charge >= 0.3 is 0 Å². The molecule has 0 aliphatic heterocycles. The molecule has 0 atom stereocenters. The van der Waals surface area contributed by atoms with Crippen molar-refractivity contribution in [3.63, 3.8) is 0 Å². The van der Waals surface area contributed by atoms with E-state index < -0.39 is 0 Å². The van der Waals surface area contributed by atoms with Crippen molar-refractivity contribution in [2.45, 2.75) is 74.7 Å². The van der Waals surface area contributed by atoms with Gasteiger partial charge in [0, 0.05) is 0 Å². The van der Waals surface area contributed by atoms with Crippen LogP contribution in [0.1, 0.15) is 74.7 Å². The average molecular weight is 293 g/mol. The quantitative estimate of drug-likeness (QED) is 0.453. The standard InChI is InChI=1S/C6H6.C5H6.2C3H8.2C2H6/c1-2-4-6-5-3-1;1-2-4-5-3-1;2*1-3-2;2*1-2/h1-6H;1-4H,5H2;2*3H2,1-2H3;2*1-2H3. The molecule has 21 heavy (non-hydrogen) atoms. The highest BCUT2D eigenvalue weighted by molar-refractivity contribution is 5.12. The van der Waals surface area contributed by atoms with Crippen LogP contribution in [0.25, 0.3) is 0 Å². The lowest BCUT2D eigenvalue weighted by Gasteiger charge is -1.69. The van der Waals surface area contributed by atoms with Gasteiger partial charge in [0.05, 0.1) is 0 Å². The van der Waals surface area contributed by atoms with Gasteiger partial charge in [0.25, 0.3) is 0 Å². The first-order valence-electron chi connectivity index (χ1n) is 8.64. The summed E-state index contributed by atoms with van der Waals surface area (Å²) in [5, 5.41) is 0. The first-order chi connectivity index (χ1) is 10.3. The summed E-state index contributed by atoms with van der Waals surface area (Å²) in [4.78, 5) is 0. The summed E-state index contributed by atoms with van der Waals surface area (Å²) in [5.74, 6) is 0. The summed E-state index contributed by atoms with van der Waals surface area (Å²) in [6.45, 7) is 16.5. The van der Waals surface area contributed by atoms with Crippen LogP contribution in [0.2, 0.25) is 0 Å². The van der Waals surface area contributed by atoms with Crippen molar-refractivity contribution in [1.82, 2.24) is 0 Å². The van der Waals surface area contributed by atoms with Gasteiger partial charge in [-0.1, -0.05) is 129 Å². The summed E-state index contributed by atoms with van der Waals surface area (Å²) >= 11 is 0. The summed E-state index contributed by atoms with van der Waals surface area (Å²) in [5.41, 5.74) is 0. The molecule has 0 radical (unpaired) electrons. The van der Waals surface area contributed by atoms with E-state index in [1.54, 1.807) is 0 Å². The molecule has 0 saturated carbocycles. The summed E-state index contributed by atoms with van der Waals surface area (Å²) in [7, 11) is 0. The molecule has 2 rings (SSSR count). The van der Waals surface area contributed by atoms with Crippen molar-refractivity contribution in [2.24, 2.45) is 0 Å². The van der Waals surface area contributed by atoms with E-state index in [9.17, 15) is 0 Å². The highest BCUT2D eigenvalue weighted by atomic mass is 13.8. The Bertz CT molecular complexity index is 205. The third kappa shape index (κ3) is 55.4. The fourth-order valence-corrected chi connectivity index (χ4v) is 0.778. The van der Waals surface area contributed by atoms with Gasteiger partial charge in [0.15, 0.2) is 0 Å². The molecule has 0 nitrogen and oxygen atoms in total. The molecule has 0 heteroatoms. The van der Waals surface area contributed by atoms with Crippen molar-refractivity contribution < 1.29 is 0 Å². The highest BCUT2D eigenvalue weighted by Gasteiger charge is 1.72. The topological polar surface area (TPSA) is 0 Å². The van der Waals surface area contributed by atoms with Crippen molar-refractivity contribution in [3.05, 3.63) is 60.7 Å². The highest BCUT2D eigenvalue weighted by Crippen LogP contribution is 1.93. The van der Waals surface area contributed by atoms with Gasteiger partial charge < -0.3 is 0 Å². The SMILES string of the molecule is C1=CCC=C1.CC.CC.CCC.CCC.c1ccccc1. The van der Waals surface area contributed by atoms with Crippen molar-refractivity contribution >= 4 is 0 Å². The second-order valence-electron chi connectivity index (χ2n) is 3.66. The number of hydrogen-bond donors (Lipinski definition) is 0. The Morgan fingerprint density at radius 2 is 0.714 bits per heavy atom. The lowest BCUT2D eigenvalue weighted by atomic mass is 10.4. The minimum atomic E-state index is 1.14. The van der Waals surface area contributed by atoms with Crippen LogP contribution in [0, 0.1) is 0 Å². The second-order valence-corrected chi connectivity index (χ2v) is 3.66. The van der Waals surface area contributed by atoms with Crippen LogP contribution in [-0.4, -0.2) is 0 Å². The number of rotatable bonds is 0. The molecule has 0 unspecified atom stereocenters. The van der Waals surface area contributed by atoms with Crippen LogP contribution in [0.5, 0.6) is 0 Å². The molecule has 1 aliphatic rings. The van der Waals surface area contributed by atoms with Crippen LogP contribution in [0.4, 0.5) is 0 Å². The van der Waals surface area contributed by atoms with Gasteiger partial charge in [0.1, 0.15) is 0 Å². The molecule has 0 amide bonds. The maximum absolute atomic E-state index is 2.12. The monoisotopic (exact) mass is 292 g/mol. The third-order valence-electron chi connectivity index (χ3n) is 1.32. The van der Waals surface area contributed by atoms with Crippen molar-refractivity contribution in [3.8, 4) is 0 Å². The van der Waals surface area contributed by atoms with E-state index in [2.05, 4.69) is 52.0 Å². The first-order valence-corrected chi connectivity index (χ1v) is 8.64. The molecule has 0 heterocycles. The predicted octanol–water partition coefficient (Wildman–Crippen LogP) is 8.07. The number of allylic oxidation sites excluding steroid dienone is 4. The smallest absolute Gasteiger partial charge is 0.0163 e. The van der Waals surface area contributed by atoms with Crippen LogP contribution >= 0.6 is 0 Å². The van der Waals surface area contributed by atoms with Gasteiger partial charge in [-0.05, 0) is 6.42 Å². The van der Waals surface area contributed by atoms with E-state index in [1.807, 2.05) is 64.1 Å². The Hall–Kier alpha value is -1.30. The molecule has 1 aromatic carbocycles. The Balaban J connectivity index is -0.0000000884. The largest absolute Gasteiger partial charge is 0.0808 e. The fraction of sp³-hybridized carbons (Fsp3) is 0.524. The maximum Gasteiger partial charge on any atom is -0.0163 e. The Morgan fingerprint density at radius 3 is 0.810 bits per heavy atom. The molecular weight excluding hydrogens is 252 g/mol. The predicted molar refractivity (Wildman–Crippen MR) is 104 cm³/mol. The van der Waals surface area contributed by atoms with E-state index >= 15 is 0 Å². The van der Waals surface area contributed by atoms with Crippen molar-refractivity contribution in [2.75, 3.05) is 0 Å². The zero-order valence-corrected chi connectivity index (χ0v) is 15.9. The van der Waals surface area contributed by atoms with E-state index in [1.165, 1.54) is 12.8 Å². The van der Waals surface area contributed by atoms with E-state index in [4.69, 9.17) is 0 Å². The molecule has 0 aromatic heterocycles. The van der Waals surface area contributed by atoms with E-state index in [-0.39, 0.29) is 0 Å². The Labute approximate surface area is 136 Å². The molecule has 0 saturated heterocycles. The maximum atomic E-state index is 2.12. The average Bonchev–Trinajstić information content (AvgIpc) is 3.14. The lowest BCUT2D eigenvalue weighted by Crippen LogP contribution is -1.47. The summed E-state index contributed by atoms with van der Waals surface area (Å²) < 4.78 is 0. The fourth-order valence-electron chi connectivity index (χ4n) is 0.778. The molecule has 0 bridgehead atoms. The Morgan fingerprint density at radius 1 is 0.524 bits per heavy atom. The van der Waals surface area contributed by atoms with Crippen LogP contribution in [0.3, 0.4) is 0 Å². The van der Waals surface area contributed by atoms with Gasteiger partial charge in [-0.3, -0.25) is 0 Å². The van der Waals surface area contributed by atoms with Crippen molar-refractivity contribution in [1.29, 1.82) is 0 Å². The second kappa shape index (κ2) is 42.8. The minimum Gasteiger partial charge on any atom is -0.0808 e. The number of hydrogen-bond acceptors (Lipinski definition) is 0.